The summed E-state index contributed by atoms with van der Waals surface area (Å²) in [6, 6.07) is -0.309. The van der Waals surface area contributed by atoms with E-state index in [9.17, 15) is 18.4 Å². The molecule has 1 aromatic heterocycles. The van der Waals surface area contributed by atoms with Gasteiger partial charge in [0.2, 0.25) is 5.91 Å². The van der Waals surface area contributed by atoms with E-state index in [4.69, 9.17) is 10.5 Å². The minimum Gasteiger partial charge on any atom is -0.475 e. The molecule has 164 valence electrons. The highest BCUT2D eigenvalue weighted by Crippen LogP contribution is 2.38. The molecule has 0 radical (unpaired) electrons. The van der Waals surface area contributed by atoms with Crippen LogP contribution >= 0.6 is 0 Å². The van der Waals surface area contributed by atoms with E-state index in [1.807, 2.05) is 13.8 Å². The van der Waals surface area contributed by atoms with Crippen LogP contribution in [0.4, 0.5) is 14.6 Å². The lowest BCUT2D eigenvalue weighted by atomic mass is 9.90. The van der Waals surface area contributed by atoms with E-state index >= 15 is 0 Å². The molecule has 1 aliphatic carbocycles. The number of anilines is 1. The van der Waals surface area contributed by atoms with Crippen molar-refractivity contribution in [2.75, 3.05) is 31.1 Å². The van der Waals surface area contributed by atoms with Crippen molar-refractivity contribution in [1.82, 2.24) is 14.9 Å². The molecular weight excluding hydrogens is 396 g/mol. The topological polar surface area (TPSA) is 102 Å². The predicted molar refractivity (Wildman–Crippen MR) is 104 cm³/mol. The molecule has 0 aromatic carbocycles. The second-order valence-electron chi connectivity index (χ2n) is 9.48. The summed E-state index contributed by atoms with van der Waals surface area (Å²) in [5, 5.41) is 0. The second kappa shape index (κ2) is 7.31. The molecule has 2 saturated heterocycles. The van der Waals surface area contributed by atoms with Crippen LogP contribution in [0.25, 0.3) is 0 Å². The van der Waals surface area contributed by atoms with Gasteiger partial charge in [-0.25, -0.2) is 18.7 Å². The van der Waals surface area contributed by atoms with Crippen LogP contribution in [-0.4, -0.2) is 64.9 Å². The maximum Gasteiger partial charge on any atom is 0.282 e. The Kier molecular flexibility index (Phi) is 5.06. The number of carbonyl (C=O) groups is 2. The fourth-order valence-corrected chi connectivity index (χ4v) is 4.13. The number of alkyl halides is 2. The summed E-state index contributed by atoms with van der Waals surface area (Å²) in [5.41, 5.74) is 5.28. The minimum absolute atomic E-state index is 0.0731. The quantitative estimate of drug-likeness (QED) is 0.718. The number of amides is 2. The molecular formula is C20H27F2N5O3. The lowest BCUT2D eigenvalue weighted by Gasteiger charge is -2.39. The van der Waals surface area contributed by atoms with Gasteiger partial charge in [-0.1, -0.05) is 13.8 Å². The average molecular weight is 423 g/mol. The van der Waals surface area contributed by atoms with Gasteiger partial charge in [0.15, 0.2) is 11.5 Å². The fourth-order valence-electron chi connectivity index (χ4n) is 4.13. The highest BCUT2D eigenvalue weighted by molar-refractivity contribution is 5.93. The number of hydrogen-bond acceptors (Lipinski definition) is 6. The summed E-state index contributed by atoms with van der Waals surface area (Å²) in [6.45, 7) is 4.04. The number of nitrogens with two attached hydrogens (primary N) is 1. The van der Waals surface area contributed by atoms with Gasteiger partial charge in [-0.3, -0.25) is 9.59 Å². The van der Waals surface area contributed by atoms with Crippen LogP contribution in [0.2, 0.25) is 0 Å². The number of nitrogens with zero attached hydrogens (tertiary/aromatic N) is 4. The normalized spacial score (nSPS) is 24.5. The number of likely N-dealkylation sites (tertiary alicyclic amines) is 1. The van der Waals surface area contributed by atoms with E-state index in [-0.39, 0.29) is 41.2 Å². The molecule has 0 spiro atoms. The van der Waals surface area contributed by atoms with E-state index in [1.165, 1.54) is 11.1 Å². The summed E-state index contributed by atoms with van der Waals surface area (Å²) < 4.78 is 32.4. The standard InChI is InChI=1S/C20H27F2N5O3/c1-19(2)6-13(5-15(23)28)27(9-19)18(29)14-7-24-16(26-10-20(21,22)11-26)17(25-14)30-8-12-3-4-12/h7,12-13H,3-6,8-11H2,1-2H3,(H2,23,28). The number of rotatable bonds is 7. The number of aromatic nitrogens is 2. The lowest BCUT2D eigenvalue weighted by molar-refractivity contribution is -0.118. The van der Waals surface area contributed by atoms with Crippen LogP contribution in [0.1, 0.15) is 50.0 Å². The van der Waals surface area contributed by atoms with Gasteiger partial charge in [-0.2, -0.15) is 0 Å². The summed E-state index contributed by atoms with van der Waals surface area (Å²) in [4.78, 5) is 36.2. The fraction of sp³-hybridized carbons (Fsp3) is 0.700. The molecule has 3 fully saturated rings. The molecule has 0 bridgehead atoms. The van der Waals surface area contributed by atoms with E-state index in [0.29, 0.717) is 25.5 Å². The maximum absolute atomic E-state index is 13.3. The van der Waals surface area contributed by atoms with Crippen molar-refractivity contribution in [2.24, 2.45) is 17.1 Å². The van der Waals surface area contributed by atoms with Gasteiger partial charge in [-0.15, -0.1) is 0 Å². The Morgan fingerprint density at radius 1 is 1.27 bits per heavy atom. The molecule has 2 N–H and O–H groups in total. The SMILES string of the molecule is CC1(C)CC(CC(N)=O)N(C(=O)c2cnc(N3CC(F)(F)C3)c(OCC3CC3)n2)C1. The van der Waals surface area contributed by atoms with E-state index in [1.54, 1.807) is 4.90 Å². The van der Waals surface area contributed by atoms with Crippen molar-refractivity contribution in [1.29, 1.82) is 0 Å². The van der Waals surface area contributed by atoms with Crippen molar-refractivity contribution in [3.8, 4) is 5.88 Å². The first-order chi connectivity index (χ1) is 14.0. The lowest BCUT2D eigenvalue weighted by Crippen LogP contribution is -2.56. The highest BCUT2D eigenvalue weighted by Gasteiger charge is 2.46. The zero-order chi connectivity index (χ0) is 21.7. The molecule has 2 aliphatic heterocycles. The van der Waals surface area contributed by atoms with Crippen LogP contribution in [-0.2, 0) is 4.79 Å². The highest BCUT2D eigenvalue weighted by atomic mass is 19.3. The van der Waals surface area contributed by atoms with E-state index in [2.05, 4.69) is 9.97 Å². The van der Waals surface area contributed by atoms with Gasteiger partial charge in [0, 0.05) is 19.0 Å². The third kappa shape index (κ3) is 4.46. The Morgan fingerprint density at radius 2 is 1.97 bits per heavy atom. The summed E-state index contributed by atoms with van der Waals surface area (Å²) in [5.74, 6) is -2.83. The smallest absolute Gasteiger partial charge is 0.282 e. The molecule has 10 heteroatoms. The average Bonchev–Trinajstić information content (AvgIpc) is 3.40. The molecule has 3 aliphatic rings. The third-order valence-electron chi connectivity index (χ3n) is 5.76. The molecule has 1 saturated carbocycles. The van der Waals surface area contributed by atoms with E-state index < -0.39 is 24.9 Å². The monoisotopic (exact) mass is 423 g/mol. The zero-order valence-electron chi connectivity index (χ0n) is 17.2. The van der Waals surface area contributed by atoms with Crippen LogP contribution in [0.3, 0.4) is 0 Å². The molecule has 2 amide bonds. The molecule has 30 heavy (non-hydrogen) atoms. The van der Waals surface area contributed by atoms with Crippen LogP contribution in [0.5, 0.6) is 5.88 Å². The first-order valence-corrected chi connectivity index (χ1v) is 10.2. The Bertz CT molecular complexity index is 851. The number of carbonyl (C=O) groups excluding carboxylic acids is 2. The van der Waals surface area contributed by atoms with E-state index in [0.717, 1.165) is 12.8 Å². The van der Waals surface area contributed by atoms with Gasteiger partial charge in [-0.05, 0) is 30.6 Å². The third-order valence-corrected chi connectivity index (χ3v) is 5.76. The van der Waals surface area contributed by atoms with Gasteiger partial charge in [0.05, 0.1) is 25.9 Å². The van der Waals surface area contributed by atoms with Gasteiger partial charge < -0.3 is 20.3 Å². The number of halogens is 2. The zero-order valence-corrected chi connectivity index (χ0v) is 17.2. The first kappa shape index (κ1) is 20.7. The number of hydrogen-bond donors (Lipinski definition) is 1. The number of primary amides is 1. The van der Waals surface area contributed by atoms with Crippen molar-refractivity contribution in [2.45, 2.75) is 51.5 Å². The molecule has 1 aromatic rings. The Morgan fingerprint density at radius 3 is 2.57 bits per heavy atom. The number of ether oxygens (including phenoxy) is 1. The molecule has 1 atom stereocenters. The Hall–Kier alpha value is -2.52. The van der Waals surface area contributed by atoms with Gasteiger partial charge in [0.25, 0.3) is 17.7 Å². The predicted octanol–water partition coefficient (Wildman–Crippen LogP) is 1.84. The molecule has 4 rings (SSSR count). The Balaban J connectivity index is 1.57. The minimum atomic E-state index is -2.76. The van der Waals surface area contributed by atoms with Crippen molar-refractivity contribution in [3.05, 3.63) is 11.9 Å². The summed E-state index contributed by atoms with van der Waals surface area (Å²) >= 11 is 0. The van der Waals surface area contributed by atoms with Crippen molar-refractivity contribution < 1.29 is 23.1 Å². The molecule has 3 heterocycles. The second-order valence-corrected chi connectivity index (χ2v) is 9.48. The molecule has 8 nitrogen and oxygen atoms in total. The van der Waals surface area contributed by atoms with Crippen molar-refractivity contribution in [3.63, 3.8) is 0 Å². The molecule has 1 unspecified atom stereocenters. The Labute approximate surface area is 173 Å². The van der Waals surface area contributed by atoms with Gasteiger partial charge >= 0.3 is 0 Å². The van der Waals surface area contributed by atoms with Crippen molar-refractivity contribution >= 4 is 17.6 Å². The first-order valence-electron chi connectivity index (χ1n) is 10.2. The summed E-state index contributed by atoms with van der Waals surface area (Å²) in [6.07, 6.45) is 4.14. The van der Waals surface area contributed by atoms with Crippen LogP contribution < -0.4 is 15.4 Å². The summed E-state index contributed by atoms with van der Waals surface area (Å²) in [7, 11) is 0. The van der Waals surface area contributed by atoms with Crippen LogP contribution in [0, 0.1) is 11.3 Å². The van der Waals surface area contributed by atoms with Gasteiger partial charge in [0.1, 0.15) is 0 Å². The maximum atomic E-state index is 13.3. The van der Waals surface area contributed by atoms with Crippen LogP contribution in [0.15, 0.2) is 6.20 Å². The largest absolute Gasteiger partial charge is 0.475 e.